The third kappa shape index (κ3) is 5.64. The van der Waals surface area contributed by atoms with Gasteiger partial charge in [-0.05, 0) is 80.8 Å². The minimum atomic E-state index is -4.63. The first kappa shape index (κ1) is 30.9. The van der Waals surface area contributed by atoms with E-state index in [2.05, 4.69) is 35.0 Å². The number of hydrogen-bond acceptors (Lipinski definition) is 5. The van der Waals surface area contributed by atoms with Gasteiger partial charge in [-0.15, -0.1) is 0 Å². The molecular formula is C34H44F4N6O. The Balaban J connectivity index is 1.27. The fraction of sp³-hybridized carbons (Fsp3) is 0.618. The first-order valence-corrected chi connectivity index (χ1v) is 16.6. The first-order chi connectivity index (χ1) is 21.5. The highest BCUT2D eigenvalue weighted by molar-refractivity contribution is 5.58. The zero-order valence-corrected chi connectivity index (χ0v) is 26.3. The number of fused-ring (bicyclic) bond motifs is 2. The average molecular weight is 629 g/mol. The van der Waals surface area contributed by atoms with Crippen molar-refractivity contribution in [3.63, 3.8) is 0 Å². The molecule has 1 atom stereocenters. The highest BCUT2D eigenvalue weighted by Gasteiger charge is 2.56. The summed E-state index contributed by atoms with van der Waals surface area (Å²) in [6.45, 7) is 6.44. The van der Waals surface area contributed by atoms with E-state index in [0.29, 0.717) is 43.1 Å². The van der Waals surface area contributed by atoms with Crippen LogP contribution in [0.3, 0.4) is 0 Å². The molecule has 244 valence electrons. The van der Waals surface area contributed by atoms with Crippen molar-refractivity contribution in [3.05, 3.63) is 69.9 Å². The van der Waals surface area contributed by atoms with Gasteiger partial charge < -0.3 is 0 Å². The third-order valence-electron chi connectivity index (χ3n) is 10.7. The quantitative estimate of drug-likeness (QED) is 0.323. The molecule has 0 radical (unpaired) electrons. The Morgan fingerprint density at radius 3 is 2.40 bits per heavy atom. The van der Waals surface area contributed by atoms with Gasteiger partial charge in [0.15, 0.2) is 0 Å². The van der Waals surface area contributed by atoms with Crippen molar-refractivity contribution in [2.75, 3.05) is 39.9 Å². The second-order valence-corrected chi connectivity index (χ2v) is 14.0. The molecule has 1 aliphatic carbocycles. The number of aromatic nitrogens is 2. The Labute approximate surface area is 262 Å². The topological polar surface area (TPSA) is 39.4 Å². The highest BCUT2D eigenvalue weighted by atomic mass is 19.4. The summed E-state index contributed by atoms with van der Waals surface area (Å²) in [6, 6.07) is 9.07. The number of likely N-dealkylation sites (tertiary alicyclic amines) is 1. The van der Waals surface area contributed by atoms with Crippen LogP contribution in [0.15, 0.2) is 47.5 Å². The molecule has 2 aromatic heterocycles. The maximum atomic E-state index is 14.4. The fourth-order valence-corrected chi connectivity index (χ4v) is 8.70. The molecule has 4 fully saturated rings. The molecule has 3 saturated heterocycles. The number of rotatable bonds is 5. The van der Waals surface area contributed by atoms with Gasteiger partial charge in [-0.2, -0.15) is 13.2 Å². The molecule has 7 rings (SSSR count). The Bertz CT molecular complexity index is 1590. The van der Waals surface area contributed by atoms with Crippen LogP contribution in [-0.4, -0.2) is 81.0 Å². The maximum absolute atomic E-state index is 14.4. The van der Waals surface area contributed by atoms with Crippen LogP contribution in [0.25, 0.3) is 11.2 Å². The number of likely N-dealkylation sites (N-methyl/N-ethyl adjacent to an activating group) is 1. The summed E-state index contributed by atoms with van der Waals surface area (Å²) < 4.78 is 59.3. The summed E-state index contributed by atoms with van der Waals surface area (Å²) in [5.74, 6) is 0.564. The van der Waals surface area contributed by atoms with Gasteiger partial charge in [0, 0.05) is 50.5 Å². The van der Waals surface area contributed by atoms with Crippen molar-refractivity contribution in [1.29, 1.82) is 0 Å². The Morgan fingerprint density at radius 2 is 1.69 bits per heavy atom. The second-order valence-electron chi connectivity index (χ2n) is 14.0. The zero-order chi connectivity index (χ0) is 31.5. The van der Waals surface area contributed by atoms with E-state index < -0.39 is 23.6 Å². The van der Waals surface area contributed by atoms with Gasteiger partial charge in [0.2, 0.25) is 0 Å². The lowest BCUT2D eigenvalue weighted by molar-refractivity contribution is -0.136. The number of halogens is 4. The molecule has 1 saturated carbocycles. The number of nitrogens with zero attached hydrogens (tertiary/aromatic N) is 6. The smallest absolute Gasteiger partial charge is 0.299 e. The summed E-state index contributed by atoms with van der Waals surface area (Å²) in [5, 5.41) is 5.07. The molecule has 1 unspecified atom stereocenters. The molecule has 45 heavy (non-hydrogen) atoms. The third-order valence-corrected chi connectivity index (χ3v) is 10.7. The van der Waals surface area contributed by atoms with E-state index in [0.717, 1.165) is 55.1 Å². The molecular weight excluding hydrogens is 584 g/mol. The van der Waals surface area contributed by atoms with Crippen LogP contribution in [0.2, 0.25) is 0 Å². The number of hydrazine groups is 1. The Hall–Kier alpha value is -2.73. The van der Waals surface area contributed by atoms with Crippen LogP contribution in [0.1, 0.15) is 75.0 Å². The van der Waals surface area contributed by atoms with Crippen LogP contribution in [-0.2, 0) is 18.1 Å². The first-order valence-electron chi connectivity index (χ1n) is 16.6. The summed E-state index contributed by atoms with van der Waals surface area (Å²) in [5.41, 5.74) is 0.438. The predicted molar refractivity (Wildman–Crippen MR) is 166 cm³/mol. The summed E-state index contributed by atoms with van der Waals surface area (Å²) in [6.07, 6.45) is 5.17. The SMILES string of the molecule is CC1CC(c2cccc(-n3cc4c(C(F)(F)F)cc(CN5CCC(F)CC5)cn4c3=O)c2)(C2N(C)CN3CCCCCCN23)C1. The minimum absolute atomic E-state index is 0.141. The number of alkyl halides is 4. The van der Waals surface area contributed by atoms with Crippen LogP contribution in [0.5, 0.6) is 0 Å². The predicted octanol–water partition coefficient (Wildman–Crippen LogP) is 6.03. The van der Waals surface area contributed by atoms with Crippen molar-refractivity contribution >= 4 is 5.52 Å². The highest BCUT2D eigenvalue weighted by Crippen LogP contribution is 2.54. The largest absolute Gasteiger partial charge is 0.418 e. The van der Waals surface area contributed by atoms with Gasteiger partial charge >= 0.3 is 11.9 Å². The van der Waals surface area contributed by atoms with E-state index in [1.807, 2.05) is 23.1 Å². The van der Waals surface area contributed by atoms with E-state index in [4.69, 9.17) is 0 Å². The number of benzene rings is 1. The number of piperidine rings is 1. The van der Waals surface area contributed by atoms with E-state index in [1.54, 1.807) is 0 Å². The van der Waals surface area contributed by atoms with Crippen molar-refractivity contribution in [2.45, 2.75) is 88.8 Å². The van der Waals surface area contributed by atoms with E-state index in [1.165, 1.54) is 36.2 Å². The lowest BCUT2D eigenvalue weighted by atomic mass is 9.57. The van der Waals surface area contributed by atoms with E-state index >= 15 is 0 Å². The van der Waals surface area contributed by atoms with Crippen LogP contribution < -0.4 is 5.69 Å². The minimum Gasteiger partial charge on any atom is -0.299 e. The summed E-state index contributed by atoms with van der Waals surface area (Å²) >= 11 is 0. The Kier molecular flexibility index (Phi) is 8.11. The molecule has 0 bridgehead atoms. The van der Waals surface area contributed by atoms with Crippen molar-refractivity contribution in [2.24, 2.45) is 5.92 Å². The molecule has 4 aliphatic rings. The fourth-order valence-electron chi connectivity index (χ4n) is 8.70. The van der Waals surface area contributed by atoms with Gasteiger partial charge in [0.1, 0.15) is 6.17 Å². The summed E-state index contributed by atoms with van der Waals surface area (Å²) in [4.78, 5) is 18.2. The molecule has 7 nitrogen and oxygen atoms in total. The standard InChI is InChI=1S/C34H44F4N6O/c1-24-18-33(19-24,31-39(2)23-41-12-5-3-4-6-13-44(31)41)26-8-7-9-28(17-26)42-22-30-29(34(36,37)38)16-25(21-43(30)32(42)45)20-40-14-10-27(35)11-15-40/h7-9,16-17,21-22,24,27,31H,3-6,10-15,18-20,23H2,1-2H3. The van der Waals surface area contributed by atoms with Gasteiger partial charge in [-0.1, -0.05) is 31.9 Å². The van der Waals surface area contributed by atoms with Crippen molar-refractivity contribution in [1.82, 2.24) is 28.8 Å². The number of pyridine rings is 1. The Morgan fingerprint density at radius 1 is 0.956 bits per heavy atom. The van der Waals surface area contributed by atoms with E-state index in [9.17, 15) is 22.4 Å². The monoisotopic (exact) mass is 628 g/mol. The molecule has 5 heterocycles. The molecule has 0 spiro atoms. The molecule has 1 aromatic carbocycles. The van der Waals surface area contributed by atoms with Gasteiger partial charge in [0.25, 0.3) is 0 Å². The molecule has 0 amide bonds. The normalized spacial score (nSPS) is 28.2. The van der Waals surface area contributed by atoms with Gasteiger partial charge in [0.05, 0.1) is 29.6 Å². The molecule has 3 aliphatic heterocycles. The molecule has 0 N–H and O–H groups in total. The maximum Gasteiger partial charge on any atom is 0.418 e. The van der Waals surface area contributed by atoms with Crippen LogP contribution in [0, 0.1) is 5.92 Å². The lowest BCUT2D eigenvalue weighted by Gasteiger charge is -2.55. The average Bonchev–Trinajstić information content (AvgIpc) is 3.47. The molecule has 11 heteroatoms. The van der Waals surface area contributed by atoms with Crippen molar-refractivity contribution in [3.8, 4) is 5.69 Å². The van der Waals surface area contributed by atoms with Gasteiger partial charge in [-0.25, -0.2) is 19.2 Å². The van der Waals surface area contributed by atoms with Crippen molar-refractivity contribution < 1.29 is 17.6 Å². The van der Waals surface area contributed by atoms with E-state index in [-0.39, 0.29) is 23.6 Å². The zero-order valence-electron chi connectivity index (χ0n) is 26.3. The van der Waals surface area contributed by atoms with Crippen LogP contribution in [0.4, 0.5) is 17.6 Å². The number of imidazole rings is 1. The number of hydrogen-bond donors (Lipinski definition) is 0. The molecule has 3 aromatic rings. The second kappa shape index (κ2) is 11.8. The van der Waals surface area contributed by atoms with Crippen LogP contribution >= 0.6 is 0 Å². The van der Waals surface area contributed by atoms with Gasteiger partial charge in [-0.3, -0.25) is 18.8 Å². The summed E-state index contributed by atoms with van der Waals surface area (Å²) in [7, 11) is 2.20. The lowest BCUT2D eigenvalue weighted by Crippen LogP contribution is -2.60.